The van der Waals surface area contributed by atoms with Crippen molar-refractivity contribution in [3.63, 3.8) is 0 Å². The normalized spacial score (nSPS) is 45.2. The zero-order valence-corrected chi connectivity index (χ0v) is 15.7. The SMILES string of the molecule is C=C[C@@]1(C)C[C@H]2CCC3=C(CCC[C@]3(C)C(=O)OC)[C@]2(C)C[C@H]1O. The van der Waals surface area contributed by atoms with E-state index in [9.17, 15) is 9.90 Å². The van der Waals surface area contributed by atoms with Crippen LogP contribution in [0.5, 0.6) is 0 Å². The number of hydrogen-bond donors (Lipinski definition) is 1. The van der Waals surface area contributed by atoms with E-state index in [0.717, 1.165) is 44.9 Å². The molecule has 0 aromatic heterocycles. The minimum absolute atomic E-state index is 0.00518. The number of carbonyl (C=O) groups excluding carboxylic acids is 1. The number of aliphatic hydroxyl groups excluding tert-OH is 1. The third-order valence-electron chi connectivity index (χ3n) is 7.63. The lowest BCUT2D eigenvalue weighted by Crippen LogP contribution is -2.51. The number of allylic oxidation sites excluding steroid dienone is 1. The van der Waals surface area contributed by atoms with Crippen LogP contribution < -0.4 is 0 Å². The second-order valence-electron chi connectivity index (χ2n) is 8.92. The Labute approximate surface area is 146 Å². The van der Waals surface area contributed by atoms with Crippen LogP contribution in [-0.2, 0) is 9.53 Å². The van der Waals surface area contributed by atoms with Gasteiger partial charge in [-0.15, -0.1) is 6.58 Å². The molecule has 0 aromatic rings. The molecule has 0 heterocycles. The third kappa shape index (κ3) is 2.31. The van der Waals surface area contributed by atoms with Crippen molar-refractivity contribution in [1.82, 2.24) is 0 Å². The molecule has 3 aliphatic rings. The first kappa shape index (κ1) is 17.7. The summed E-state index contributed by atoms with van der Waals surface area (Å²) in [5, 5.41) is 10.8. The van der Waals surface area contributed by atoms with Crippen molar-refractivity contribution >= 4 is 5.97 Å². The largest absolute Gasteiger partial charge is 0.468 e. The van der Waals surface area contributed by atoms with E-state index >= 15 is 0 Å². The summed E-state index contributed by atoms with van der Waals surface area (Å²) in [5.74, 6) is 0.465. The van der Waals surface area contributed by atoms with Crippen molar-refractivity contribution in [3.05, 3.63) is 23.8 Å². The summed E-state index contributed by atoms with van der Waals surface area (Å²) in [7, 11) is 1.50. The van der Waals surface area contributed by atoms with Gasteiger partial charge in [-0.25, -0.2) is 0 Å². The van der Waals surface area contributed by atoms with Crippen molar-refractivity contribution in [2.75, 3.05) is 7.11 Å². The van der Waals surface area contributed by atoms with Crippen LogP contribution in [-0.4, -0.2) is 24.3 Å². The topological polar surface area (TPSA) is 46.5 Å². The van der Waals surface area contributed by atoms with Crippen LogP contribution in [0.1, 0.15) is 65.7 Å². The Kier molecular flexibility index (Phi) is 4.23. The highest BCUT2D eigenvalue weighted by molar-refractivity contribution is 5.81. The summed E-state index contributed by atoms with van der Waals surface area (Å²) in [5.41, 5.74) is 2.10. The average molecular weight is 332 g/mol. The van der Waals surface area contributed by atoms with E-state index < -0.39 is 5.41 Å². The Morgan fingerprint density at radius 2 is 1.96 bits per heavy atom. The number of ether oxygens (including phenoxy) is 1. The summed E-state index contributed by atoms with van der Waals surface area (Å²) in [6, 6.07) is 0. The zero-order valence-electron chi connectivity index (χ0n) is 15.7. The van der Waals surface area contributed by atoms with Gasteiger partial charge in [-0.2, -0.15) is 0 Å². The van der Waals surface area contributed by atoms with Gasteiger partial charge >= 0.3 is 5.97 Å². The lowest BCUT2D eigenvalue weighted by Gasteiger charge is -2.57. The van der Waals surface area contributed by atoms with Gasteiger partial charge in [0, 0.05) is 5.41 Å². The average Bonchev–Trinajstić information content (AvgIpc) is 2.56. The van der Waals surface area contributed by atoms with E-state index in [1.807, 2.05) is 6.08 Å². The fourth-order valence-electron chi connectivity index (χ4n) is 5.78. The smallest absolute Gasteiger partial charge is 0.315 e. The van der Waals surface area contributed by atoms with Crippen molar-refractivity contribution in [3.8, 4) is 0 Å². The lowest BCUT2D eigenvalue weighted by atomic mass is 9.48. The monoisotopic (exact) mass is 332 g/mol. The fourth-order valence-corrected chi connectivity index (χ4v) is 5.78. The molecule has 0 amide bonds. The van der Waals surface area contributed by atoms with Crippen LogP contribution in [0.3, 0.4) is 0 Å². The summed E-state index contributed by atoms with van der Waals surface area (Å²) < 4.78 is 5.15. The molecule has 1 saturated carbocycles. The Hall–Kier alpha value is -1.09. The van der Waals surface area contributed by atoms with E-state index in [1.54, 1.807) is 0 Å². The minimum Gasteiger partial charge on any atom is -0.468 e. The molecule has 0 aliphatic heterocycles. The molecule has 3 nitrogen and oxygen atoms in total. The quantitative estimate of drug-likeness (QED) is 0.602. The zero-order chi connectivity index (χ0) is 17.8. The number of fused-ring (bicyclic) bond motifs is 2. The van der Waals surface area contributed by atoms with Gasteiger partial charge in [0.05, 0.1) is 18.6 Å². The van der Waals surface area contributed by atoms with Gasteiger partial charge in [-0.1, -0.05) is 31.1 Å². The molecule has 3 rings (SSSR count). The van der Waals surface area contributed by atoms with Gasteiger partial charge in [-0.3, -0.25) is 4.79 Å². The molecule has 5 atom stereocenters. The first-order chi connectivity index (χ1) is 11.2. The predicted octanol–water partition coefficient (Wildman–Crippen LogP) is 4.41. The minimum atomic E-state index is -0.472. The lowest BCUT2D eigenvalue weighted by molar-refractivity contribution is -0.150. The molecule has 0 saturated heterocycles. The highest BCUT2D eigenvalue weighted by Gasteiger charge is 2.55. The molecule has 0 aromatic carbocycles. The van der Waals surface area contributed by atoms with Crippen molar-refractivity contribution in [1.29, 1.82) is 0 Å². The molecular weight excluding hydrogens is 300 g/mol. The molecule has 0 spiro atoms. The Bertz CT molecular complexity index is 592. The number of carbonyl (C=O) groups is 1. The Balaban J connectivity index is 2.05. The van der Waals surface area contributed by atoms with E-state index in [1.165, 1.54) is 18.3 Å². The first-order valence-electron chi connectivity index (χ1n) is 9.34. The summed E-state index contributed by atoms with van der Waals surface area (Å²) in [6.07, 6.45) is 8.40. The maximum atomic E-state index is 12.5. The van der Waals surface area contributed by atoms with Gasteiger partial charge in [0.2, 0.25) is 0 Å². The van der Waals surface area contributed by atoms with E-state index in [4.69, 9.17) is 4.74 Å². The van der Waals surface area contributed by atoms with Crippen LogP contribution in [0.25, 0.3) is 0 Å². The van der Waals surface area contributed by atoms with Crippen molar-refractivity contribution < 1.29 is 14.6 Å². The molecule has 1 N–H and O–H groups in total. The highest BCUT2D eigenvalue weighted by atomic mass is 16.5. The molecule has 134 valence electrons. The van der Waals surface area contributed by atoms with Crippen molar-refractivity contribution in [2.24, 2.45) is 22.2 Å². The van der Waals surface area contributed by atoms with Crippen LogP contribution in [0.2, 0.25) is 0 Å². The maximum Gasteiger partial charge on any atom is 0.315 e. The number of methoxy groups -OCH3 is 1. The number of hydrogen-bond acceptors (Lipinski definition) is 3. The molecule has 0 unspecified atom stereocenters. The molecule has 3 aliphatic carbocycles. The van der Waals surface area contributed by atoms with Gasteiger partial charge in [-0.05, 0) is 63.2 Å². The summed E-state index contributed by atoms with van der Waals surface area (Å²) in [6.45, 7) is 10.5. The van der Waals surface area contributed by atoms with E-state index in [0.29, 0.717) is 5.92 Å². The second kappa shape index (κ2) is 5.72. The van der Waals surface area contributed by atoms with Crippen LogP contribution in [0.4, 0.5) is 0 Å². The van der Waals surface area contributed by atoms with Crippen LogP contribution in [0, 0.1) is 22.2 Å². The predicted molar refractivity (Wildman–Crippen MR) is 95.4 cm³/mol. The third-order valence-corrected chi connectivity index (χ3v) is 7.63. The first-order valence-corrected chi connectivity index (χ1v) is 9.34. The van der Waals surface area contributed by atoms with Gasteiger partial charge in [0.1, 0.15) is 0 Å². The number of aliphatic hydroxyl groups is 1. The second-order valence-corrected chi connectivity index (χ2v) is 8.92. The van der Waals surface area contributed by atoms with Crippen LogP contribution >= 0.6 is 0 Å². The van der Waals surface area contributed by atoms with E-state index in [2.05, 4.69) is 27.4 Å². The standard InChI is InChI=1S/C21H32O3/c1-6-19(2)12-14-9-10-16-15(21(14,4)13-17(19)22)8-7-11-20(16,3)18(23)24-5/h6,14,17,22H,1,7-13H2,2-5H3/t14-,17-,19+,20+,21-/m1/s1. The van der Waals surface area contributed by atoms with Gasteiger partial charge in [0.15, 0.2) is 0 Å². The number of rotatable bonds is 2. The molecule has 3 heteroatoms. The Morgan fingerprint density at radius 1 is 1.25 bits per heavy atom. The maximum absolute atomic E-state index is 12.5. The molecular formula is C21H32O3. The summed E-state index contributed by atoms with van der Waals surface area (Å²) >= 11 is 0. The molecule has 0 radical (unpaired) electrons. The molecule has 0 bridgehead atoms. The van der Waals surface area contributed by atoms with Crippen LogP contribution in [0.15, 0.2) is 23.8 Å². The van der Waals surface area contributed by atoms with Gasteiger partial charge in [0.25, 0.3) is 0 Å². The highest BCUT2D eigenvalue weighted by Crippen LogP contribution is 2.62. The number of esters is 1. The Morgan fingerprint density at radius 3 is 2.58 bits per heavy atom. The van der Waals surface area contributed by atoms with Gasteiger partial charge < -0.3 is 9.84 Å². The fraction of sp³-hybridized carbons (Fsp3) is 0.762. The molecule has 24 heavy (non-hydrogen) atoms. The van der Waals surface area contributed by atoms with Crippen molar-refractivity contribution in [2.45, 2.75) is 71.8 Å². The van der Waals surface area contributed by atoms with E-state index in [-0.39, 0.29) is 22.9 Å². The summed E-state index contributed by atoms with van der Waals surface area (Å²) in [4.78, 5) is 12.5. The molecule has 1 fully saturated rings.